The van der Waals surface area contributed by atoms with Crippen molar-refractivity contribution in [1.29, 1.82) is 0 Å². The number of rotatable bonds is 4. The van der Waals surface area contributed by atoms with Crippen molar-refractivity contribution in [1.82, 2.24) is 0 Å². The van der Waals surface area contributed by atoms with Gasteiger partial charge in [0.05, 0.1) is 6.10 Å². The van der Waals surface area contributed by atoms with Crippen LogP contribution in [0.1, 0.15) is 65.7 Å². The van der Waals surface area contributed by atoms with Crippen LogP contribution in [0.4, 0.5) is 0 Å². The minimum atomic E-state index is 0.584. The van der Waals surface area contributed by atoms with Crippen LogP contribution in [0.5, 0.6) is 0 Å². The molecule has 1 heteroatoms. The second-order valence-electron chi connectivity index (χ2n) is 6.52. The van der Waals surface area contributed by atoms with E-state index in [0.29, 0.717) is 11.5 Å². The number of hydrogen-bond acceptors (Lipinski definition) is 1. The van der Waals surface area contributed by atoms with Crippen LogP contribution in [-0.2, 0) is 4.74 Å². The molecule has 0 bridgehead atoms. The van der Waals surface area contributed by atoms with Gasteiger partial charge in [-0.15, -0.1) is 0 Å². The van der Waals surface area contributed by atoms with Crippen LogP contribution in [0.3, 0.4) is 0 Å². The maximum Gasteiger partial charge on any atom is 0.0612 e. The van der Waals surface area contributed by atoms with Crippen molar-refractivity contribution in [3.8, 4) is 0 Å². The Bertz CT molecular complexity index is 225. The van der Waals surface area contributed by atoms with Gasteiger partial charge in [-0.05, 0) is 42.9 Å². The molecular weight excluding hydrogens is 196 g/mol. The first-order valence-electron chi connectivity index (χ1n) is 7.26. The first-order chi connectivity index (χ1) is 7.64. The standard InChI is InChI=1S/C15H28O/c1-4-5-6-8-15(3)9-7-13-12(2)11-16-14(13)10-15/h12-14H,4-11H2,1-3H3. The van der Waals surface area contributed by atoms with Crippen LogP contribution in [0, 0.1) is 17.3 Å². The molecule has 4 unspecified atom stereocenters. The smallest absolute Gasteiger partial charge is 0.0612 e. The highest BCUT2D eigenvalue weighted by molar-refractivity contribution is 4.93. The lowest BCUT2D eigenvalue weighted by molar-refractivity contribution is 0.00938. The summed E-state index contributed by atoms with van der Waals surface area (Å²) < 4.78 is 5.97. The molecule has 2 rings (SSSR count). The van der Waals surface area contributed by atoms with Gasteiger partial charge in [-0.25, -0.2) is 0 Å². The molecule has 0 amide bonds. The molecule has 0 aromatic rings. The van der Waals surface area contributed by atoms with E-state index in [4.69, 9.17) is 4.74 Å². The van der Waals surface area contributed by atoms with Gasteiger partial charge >= 0.3 is 0 Å². The van der Waals surface area contributed by atoms with Crippen molar-refractivity contribution in [2.45, 2.75) is 71.8 Å². The quantitative estimate of drug-likeness (QED) is 0.643. The molecule has 16 heavy (non-hydrogen) atoms. The SMILES string of the molecule is CCCCCC1(C)CCC2C(C)COC2C1. The van der Waals surface area contributed by atoms with Gasteiger partial charge in [0.25, 0.3) is 0 Å². The van der Waals surface area contributed by atoms with E-state index in [1.54, 1.807) is 0 Å². The van der Waals surface area contributed by atoms with E-state index >= 15 is 0 Å². The highest BCUT2D eigenvalue weighted by Crippen LogP contribution is 2.48. The summed E-state index contributed by atoms with van der Waals surface area (Å²) in [6, 6.07) is 0. The van der Waals surface area contributed by atoms with Crippen molar-refractivity contribution < 1.29 is 4.74 Å². The number of unbranched alkanes of at least 4 members (excludes halogenated alkanes) is 2. The predicted octanol–water partition coefficient (Wildman–Crippen LogP) is 4.41. The van der Waals surface area contributed by atoms with Gasteiger partial charge in [-0.1, -0.05) is 40.0 Å². The third kappa shape index (κ3) is 2.61. The molecule has 1 saturated heterocycles. The van der Waals surface area contributed by atoms with Crippen LogP contribution in [0.25, 0.3) is 0 Å². The van der Waals surface area contributed by atoms with Crippen molar-refractivity contribution >= 4 is 0 Å². The summed E-state index contributed by atoms with van der Waals surface area (Å²) in [7, 11) is 0. The Labute approximate surface area is 101 Å². The van der Waals surface area contributed by atoms with E-state index in [0.717, 1.165) is 18.4 Å². The predicted molar refractivity (Wildman–Crippen MR) is 68.5 cm³/mol. The van der Waals surface area contributed by atoms with Gasteiger partial charge in [0.1, 0.15) is 0 Å². The van der Waals surface area contributed by atoms with Crippen molar-refractivity contribution in [2.24, 2.45) is 17.3 Å². The fourth-order valence-corrected chi connectivity index (χ4v) is 3.70. The lowest BCUT2D eigenvalue weighted by atomic mass is 9.66. The fraction of sp³-hybridized carbons (Fsp3) is 1.00. The van der Waals surface area contributed by atoms with E-state index in [9.17, 15) is 0 Å². The summed E-state index contributed by atoms with van der Waals surface area (Å²) in [4.78, 5) is 0. The normalized spacial score (nSPS) is 43.3. The van der Waals surface area contributed by atoms with Gasteiger partial charge in [0.2, 0.25) is 0 Å². The van der Waals surface area contributed by atoms with Crippen LogP contribution in [0.2, 0.25) is 0 Å². The molecule has 0 aromatic heterocycles. The number of hydrogen-bond donors (Lipinski definition) is 0. The summed E-state index contributed by atoms with van der Waals surface area (Å²) in [5.74, 6) is 1.68. The molecule has 1 aliphatic carbocycles. The monoisotopic (exact) mass is 224 g/mol. The molecule has 4 atom stereocenters. The Morgan fingerprint density at radius 1 is 1.31 bits per heavy atom. The van der Waals surface area contributed by atoms with E-state index in [-0.39, 0.29) is 0 Å². The molecular formula is C15H28O. The van der Waals surface area contributed by atoms with Crippen molar-refractivity contribution in [3.05, 3.63) is 0 Å². The van der Waals surface area contributed by atoms with Gasteiger partial charge in [-0.2, -0.15) is 0 Å². The number of ether oxygens (including phenoxy) is 1. The van der Waals surface area contributed by atoms with Gasteiger partial charge in [0, 0.05) is 6.61 Å². The van der Waals surface area contributed by atoms with Crippen LogP contribution >= 0.6 is 0 Å². The van der Waals surface area contributed by atoms with Crippen LogP contribution in [0.15, 0.2) is 0 Å². The zero-order chi connectivity index (χ0) is 11.6. The Morgan fingerprint density at radius 2 is 2.12 bits per heavy atom. The molecule has 0 aromatic carbocycles. The molecule has 1 heterocycles. The molecule has 0 radical (unpaired) electrons. The zero-order valence-electron chi connectivity index (χ0n) is 11.3. The third-order valence-corrected chi connectivity index (χ3v) is 4.94. The average molecular weight is 224 g/mol. The molecule has 0 N–H and O–H groups in total. The van der Waals surface area contributed by atoms with Gasteiger partial charge in [0.15, 0.2) is 0 Å². The highest BCUT2D eigenvalue weighted by Gasteiger charge is 2.43. The molecule has 2 aliphatic rings. The van der Waals surface area contributed by atoms with Crippen molar-refractivity contribution in [2.75, 3.05) is 6.61 Å². The minimum absolute atomic E-state index is 0.584. The largest absolute Gasteiger partial charge is 0.378 e. The molecule has 2 fully saturated rings. The average Bonchev–Trinajstić information content (AvgIpc) is 2.60. The summed E-state index contributed by atoms with van der Waals surface area (Å²) in [5, 5.41) is 0. The molecule has 1 aliphatic heterocycles. The minimum Gasteiger partial charge on any atom is -0.378 e. The molecule has 94 valence electrons. The second kappa shape index (κ2) is 5.08. The maximum atomic E-state index is 5.97. The molecule has 1 nitrogen and oxygen atoms in total. The van der Waals surface area contributed by atoms with E-state index in [2.05, 4.69) is 20.8 Å². The first kappa shape index (κ1) is 12.4. The summed E-state index contributed by atoms with van der Waals surface area (Å²) >= 11 is 0. The maximum absolute atomic E-state index is 5.97. The van der Waals surface area contributed by atoms with Gasteiger partial charge < -0.3 is 4.74 Å². The van der Waals surface area contributed by atoms with E-state index in [1.165, 1.54) is 44.9 Å². The Balaban J connectivity index is 1.85. The Kier molecular flexibility index (Phi) is 3.94. The second-order valence-corrected chi connectivity index (χ2v) is 6.52. The fourth-order valence-electron chi connectivity index (χ4n) is 3.70. The van der Waals surface area contributed by atoms with Crippen molar-refractivity contribution in [3.63, 3.8) is 0 Å². The lowest BCUT2D eigenvalue weighted by Crippen LogP contribution is -2.34. The third-order valence-electron chi connectivity index (χ3n) is 4.94. The lowest BCUT2D eigenvalue weighted by Gasteiger charge is -2.40. The molecule has 1 saturated carbocycles. The van der Waals surface area contributed by atoms with Crippen LogP contribution < -0.4 is 0 Å². The topological polar surface area (TPSA) is 9.23 Å². The summed E-state index contributed by atoms with van der Waals surface area (Å²) in [6.45, 7) is 8.16. The van der Waals surface area contributed by atoms with Crippen LogP contribution in [-0.4, -0.2) is 12.7 Å². The highest BCUT2D eigenvalue weighted by atomic mass is 16.5. The Hall–Kier alpha value is -0.0400. The first-order valence-corrected chi connectivity index (χ1v) is 7.26. The van der Waals surface area contributed by atoms with Gasteiger partial charge in [-0.3, -0.25) is 0 Å². The zero-order valence-corrected chi connectivity index (χ0v) is 11.3. The summed E-state index contributed by atoms with van der Waals surface area (Å²) in [6.07, 6.45) is 10.3. The van der Waals surface area contributed by atoms with E-state index < -0.39 is 0 Å². The molecule has 0 spiro atoms. The Morgan fingerprint density at radius 3 is 2.88 bits per heavy atom. The number of fused-ring (bicyclic) bond motifs is 1. The summed E-state index contributed by atoms with van der Waals surface area (Å²) in [5.41, 5.74) is 0.584. The van der Waals surface area contributed by atoms with E-state index in [1.807, 2.05) is 0 Å².